The standard InChI is InChI=1S/C15H17ClN2O/c1-2-3-4-8-17-15(19)12-9-11-6-5-7-13(16)14(11)18-10-12/h5-7,9-10H,2-4,8H2,1H3,(H,17,19). The fraction of sp³-hybridized carbons (Fsp3) is 0.333. The van der Waals surface area contributed by atoms with Crippen molar-refractivity contribution >= 4 is 28.4 Å². The van der Waals surface area contributed by atoms with Gasteiger partial charge in [-0.3, -0.25) is 9.78 Å². The first-order chi connectivity index (χ1) is 9.22. The SMILES string of the molecule is CCCCCNC(=O)c1cnc2c(Cl)cccc2c1. The van der Waals surface area contributed by atoms with Gasteiger partial charge in [0.15, 0.2) is 0 Å². The molecule has 0 spiro atoms. The zero-order valence-electron chi connectivity index (χ0n) is 10.9. The van der Waals surface area contributed by atoms with Crippen molar-refractivity contribution in [3.8, 4) is 0 Å². The third kappa shape index (κ3) is 3.44. The molecular formula is C15H17ClN2O. The number of carbonyl (C=O) groups excluding carboxylic acids is 1. The van der Waals surface area contributed by atoms with Crippen LogP contribution in [0.1, 0.15) is 36.5 Å². The second-order valence-electron chi connectivity index (χ2n) is 4.50. The second kappa shape index (κ2) is 6.53. The summed E-state index contributed by atoms with van der Waals surface area (Å²) in [6, 6.07) is 7.38. The van der Waals surface area contributed by atoms with Crippen LogP contribution >= 0.6 is 11.6 Å². The van der Waals surface area contributed by atoms with Gasteiger partial charge in [0.05, 0.1) is 16.1 Å². The van der Waals surface area contributed by atoms with Crippen molar-refractivity contribution in [1.82, 2.24) is 10.3 Å². The summed E-state index contributed by atoms with van der Waals surface area (Å²) in [5.74, 6) is -0.0783. The maximum atomic E-state index is 12.0. The Labute approximate surface area is 118 Å². The lowest BCUT2D eigenvalue weighted by molar-refractivity contribution is 0.0953. The van der Waals surface area contributed by atoms with E-state index in [0.717, 1.165) is 30.2 Å². The van der Waals surface area contributed by atoms with E-state index >= 15 is 0 Å². The number of nitrogens with one attached hydrogen (secondary N) is 1. The van der Waals surface area contributed by atoms with Crippen molar-refractivity contribution in [1.29, 1.82) is 0 Å². The van der Waals surface area contributed by atoms with E-state index in [1.807, 2.05) is 18.2 Å². The number of pyridine rings is 1. The van der Waals surface area contributed by atoms with E-state index in [-0.39, 0.29) is 5.91 Å². The summed E-state index contributed by atoms with van der Waals surface area (Å²) in [5.41, 5.74) is 1.30. The summed E-state index contributed by atoms with van der Waals surface area (Å²) in [7, 11) is 0. The van der Waals surface area contributed by atoms with Gasteiger partial charge in [-0.15, -0.1) is 0 Å². The molecule has 1 amide bonds. The van der Waals surface area contributed by atoms with E-state index in [2.05, 4.69) is 17.2 Å². The van der Waals surface area contributed by atoms with Crippen molar-refractivity contribution in [3.63, 3.8) is 0 Å². The van der Waals surface area contributed by atoms with Crippen LogP contribution in [0.4, 0.5) is 0 Å². The predicted molar refractivity (Wildman–Crippen MR) is 78.6 cm³/mol. The monoisotopic (exact) mass is 276 g/mol. The first-order valence-electron chi connectivity index (χ1n) is 6.55. The lowest BCUT2D eigenvalue weighted by Crippen LogP contribution is -2.24. The number of amides is 1. The van der Waals surface area contributed by atoms with Crippen molar-refractivity contribution in [2.45, 2.75) is 26.2 Å². The van der Waals surface area contributed by atoms with Crippen molar-refractivity contribution in [2.75, 3.05) is 6.54 Å². The molecule has 0 bridgehead atoms. The van der Waals surface area contributed by atoms with Crippen LogP contribution in [0.15, 0.2) is 30.5 Å². The number of carbonyl (C=O) groups is 1. The topological polar surface area (TPSA) is 42.0 Å². The summed E-state index contributed by atoms with van der Waals surface area (Å²) in [5, 5.41) is 4.39. The molecular weight excluding hydrogens is 260 g/mol. The average Bonchev–Trinajstić information content (AvgIpc) is 2.43. The number of fused-ring (bicyclic) bond motifs is 1. The molecule has 1 N–H and O–H groups in total. The molecule has 1 heterocycles. The Morgan fingerprint density at radius 2 is 2.21 bits per heavy atom. The van der Waals surface area contributed by atoms with Crippen LogP contribution in [0.3, 0.4) is 0 Å². The Kier molecular flexibility index (Phi) is 4.74. The van der Waals surface area contributed by atoms with Crippen LogP contribution < -0.4 is 5.32 Å². The lowest BCUT2D eigenvalue weighted by Gasteiger charge is -2.06. The van der Waals surface area contributed by atoms with E-state index in [9.17, 15) is 4.79 Å². The Bertz CT molecular complexity index is 583. The molecule has 0 unspecified atom stereocenters. The van der Waals surface area contributed by atoms with E-state index < -0.39 is 0 Å². The summed E-state index contributed by atoms with van der Waals surface area (Å²) < 4.78 is 0. The number of para-hydroxylation sites is 1. The average molecular weight is 277 g/mol. The molecule has 2 aromatic rings. The first kappa shape index (κ1) is 13.8. The number of unbranched alkanes of at least 4 members (excludes halogenated alkanes) is 2. The molecule has 0 aliphatic heterocycles. The molecule has 0 radical (unpaired) electrons. The molecule has 3 nitrogen and oxygen atoms in total. The van der Waals surface area contributed by atoms with Crippen LogP contribution in [-0.2, 0) is 0 Å². The van der Waals surface area contributed by atoms with Gasteiger partial charge in [0.2, 0.25) is 0 Å². The van der Waals surface area contributed by atoms with E-state index in [0.29, 0.717) is 17.1 Å². The molecule has 1 aromatic heterocycles. The molecule has 0 aliphatic rings. The third-order valence-electron chi connectivity index (χ3n) is 2.99. The van der Waals surface area contributed by atoms with Crippen molar-refractivity contribution in [3.05, 3.63) is 41.0 Å². The minimum absolute atomic E-state index is 0.0783. The van der Waals surface area contributed by atoms with E-state index in [1.165, 1.54) is 0 Å². The van der Waals surface area contributed by atoms with Crippen LogP contribution in [0, 0.1) is 0 Å². The van der Waals surface area contributed by atoms with Gasteiger partial charge in [-0.2, -0.15) is 0 Å². The maximum Gasteiger partial charge on any atom is 0.252 e. The van der Waals surface area contributed by atoms with Crippen LogP contribution in [-0.4, -0.2) is 17.4 Å². The zero-order chi connectivity index (χ0) is 13.7. The number of benzene rings is 1. The Morgan fingerprint density at radius 3 is 3.00 bits per heavy atom. The molecule has 19 heavy (non-hydrogen) atoms. The molecule has 0 atom stereocenters. The summed E-state index contributed by atoms with van der Waals surface area (Å²) in [6.07, 6.45) is 4.86. The highest BCUT2D eigenvalue weighted by Crippen LogP contribution is 2.21. The van der Waals surface area contributed by atoms with Gasteiger partial charge in [-0.25, -0.2) is 0 Å². The molecule has 0 saturated heterocycles. The Morgan fingerprint density at radius 1 is 1.37 bits per heavy atom. The normalized spacial score (nSPS) is 10.6. The summed E-state index contributed by atoms with van der Waals surface area (Å²) in [6.45, 7) is 2.85. The number of aromatic nitrogens is 1. The highest BCUT2D eigenvalue weighted by Gasteiger charge is 2.07. The van der Waals surface area contributed by atoms with Gasteiger partial charge in [0, 0.05) is 18.1 Å². The largest absolute Gasteiger partial charge is 0.352 e. The predicted octanol–water partition coefficient (Wildman–Crippen LogP) is 3.81. The molecule has 4 heteroatoms. The molecule has 0 fully saturated rings. The number of hydrogen-bond donors (Lipinski definition) is 1. The fourth-order valence-electron chi connectivity index (χ4n) is 1.93. The van der Waals surface area contributed by atoms with Gasteiger partial charge in [-0.1, -0.05) is 43.5 Å². The van der Waals surface area contributed by atoms with Gasteiger partial charge >= 0.3 is 0 Å². The van der Waals surface area contributed by atoms with Gasteiger partial charge in [0.1, 0.15) is 0 Å². The van der Waals surface area contributed by atoms with E-state index in [4.69, 9.17) is 11.6 Å². The quantitative estimate of drug-likeness (QED) is 0.844. The zero-order valence-corrected chi connectivity index (χ0v) is 11.7. The Balaban J connectivity index is 2.10. The van der Waals surface area contributed by atoms with Crippen LogP contribution in [0.25, 0.3) is 10.9 Å². The fourth-order valence-corrected chi connectivity index (χ4v) is 2.16. The molecule has 1 aromatic carbocycles. The smallest absolute Gasteiger partial charge is 0.252 e. The van der Waals surface area contributed by atoms with Crippen molar-refractivity contribution < 1.29 is 4.79 Å². The summed E-state index contributed by atoms with van der Waals surface area (Å²) >= 11 is 6.04. The highest BCUT2D eigenvalue weighted by atomic mass is 35.5. The highest BCUT2D eigenvalue weighted by molar-refractivity contribution is 6.35. The first-order valence-corrected chi connectivity index (χ1v) is 6.92. The van der Waals surface area contributed by atoms with Crippen LogP contribution in [0.2, 0.25) is 5.02 Å². The second-order valence-corrected chi connectivity index (χ2v) is 4.91. The molecule has 100 valence electrons. The van der Waals surface area contributed by atoms with Crippen molar-refractivity contribution in [2.24, 2.45) is 0 Å². The third-order valence-corrected chi connectivity index (χ3v) is 3.29. The number of nitrogens with zero attached hydrogens (tertiary/aromatic N) is 1. The summed E-state index contributed by atoms with van der Waals surface area (Å²) in [4.78, 5) is 16.2. The van der Waals surface area contributed by atoms with Gasteiger partial charge in [0.25, 0.3) is 5.91 Å². The minimum atomic E-state index is -0.0783. The number of hydrogen-bond acceptors (Lipinski definition) is 2. The number of halogens is 1. The number of rotatable bonds is 5. The van der Waals surface area contributed by atoms with Crippen LogP contribution in [0.5, 0.6) is 0 Å². The minimum Gasteiger partial charge on any atom is -0.352 e. The maximum absolute atomic E-state index is 12.0. The molecule has 2 rings (SSSR count). The van der Waals surface area contributed by atoms with E-state index in [1.54, 1.807) is 12.3 Å². The molecule has 0 aliphatic carbocycles. The van der Waals surface area contributed by atoms with Gasteiger partial charge in [-0.05, 0) is 18.6 Å². The van der Waals surface area contributed by atoms with Gasteiger partial charge < -0.3 is 5.32 Å². The Hall–Kier alpha value is -1.61. The molecule has 0 saturated carbocycles. The lowest BCUT2D eigenvalue weighted by atomic mass is 10.1.